The fourth-order valence-electron chi connectivity index (χ4n) is 3.49. The predicted molar refractivity (Wildman–Crippen MR) is 98.3 cm³/mol. The van der Waals surface area contributed by atoms with Crippen LogP contribution in [0.4, 0.5) is 4.79 Å². The molecule has 1 aromatic rings. The molecule has 0 bridgehead atoms. The summed E-state index contributed by atoms with van der Waals surface area (Å²) in [6.45, 7) is 3.84. The van der Waals surface area contributed by atoms with E-state index >= 15 is 0 Å². The van der Waals surface area contributed by atoms with Gasteiger partial charge in [0.1, 0.15) is 0 Å². The molecule has 3 rings (SSSR count). The first kappa shape index (κ1) is 18.8. The summed E-state index contributed by atoms with van der Waals surface area (Å²) in [5.41, 5.74) is 0.868. The maximum atomic E-state index is 12.5. The van der Waals surface area contributed by atoms with Gasteiger partial charge in [-0.05, 0) is 42.9 Å². The number of methoxy groups -OCH3 is 1. The minimum atomic E-state index is -0.0916. The summed E-state index contributed by atoms with van der Waals surface area (Å²) in [6, 6.07) is 5.19. The number of hydrogen-bond donors (Lipinski definition) is 3. The Morgan fingerprint density at radius 3 is 2.85 bits per heavy atom. The number of benzene rings is 1. The number of hydrogen-bond acceptors (Lipinski definition) is 5. The molecule has 2 amide bonds. The smallest absolute Gasteiger partial charge is 0.317 e. The number of amides is 2. The second kappa shape index (κ2) is 8.60. The van der Waals surface area contributed by atoms with Crippen LogP contribution in [0.3, 0.4) is 0 Å². The summed E-state index contributed by atoms with van der Waals surface area (Å²) in [6.07, 6.45) is 3.32. The summed E-state index contributed by atoms with van der Waals surface area (Å²) in [7, 11) is 1.50. The molecule has 0 unspecified atom stereocenters. The van der Waals surface area contributed by atoms with Gasteiger partial charge in [0.15, 0.2) is 11.5 Å². The van der Waals surface area contributed by atoms with E-state index in [-0.39, 0.29) is 24.4 Å². The Hall–Kier alpha value is -1.99. The van der Waals surface area contributed by atoms with Crippen LogP contribution >= 0.6 is 0 Å². The summed E-state index contributed by atoms with van der Waals surface area (Å²) >= 11 is 0. The largest absolute Gasteiger partial charge is 0.504 e. The first-order valence-corrected chi connectivity index (χ1v) is 9.34. The van der Waals surface area contributed by atoms with Crippen LogP contribution in [-0.2, 0) is 6.54 Å². The van der Waals surface area contributed by atoms with Gasteiger partial charge in [-0.15, -0.1) is 0 Å². The van der Waals surface area contributed by atoms with Crippen molar-refractivity contribution < 1.29 is 19.7 Å². The monoisotopic (exact) mass is 363 g/mol. The number of piperazine rings is 1. The van der Waals surface area contributed by atoms with E-state index in [1.54, 1.807) is 18.2 Å². The van der Waals surface area contributed by atoms with Gasteiger partial charge in [0.25, 0.3) is 0 Å². The molecule has 26 heavy (non-hydrogen) atoms. The lowest BCUT2D eigenvalue weighted by Crippen LogP contribution is -2.57. The number of urea groups is 1. The van der Waals surface area contributed by atoms with Crippen molar-refractivity contribution in [2.24, 2.45) is 5.92 Å². The third kappa shape index (κ3) is 4.80. The van der Waals surface area contributed by atoms with Crippen LogP contribution in [0.5, 0.6) is 11.5 Å². The molecule has 1 heterocycles. The molecule has 7 nitrogen and oxygen atoms in total. The standard InChI is InChI=1S/C19H29N3O4/c1-26-18-10-15(4-5-17(18)24)11-20-19(25)22-8-7-21(12-14-2-3-14)16(13-22)6-9-23/h4-5,10,14,16,23-24H,2-3,6-9,11-13H2,1H3,(H,20,25)/t16-/m0/s1. The van der Waals surface area contributed by atoms with Gasteiger partial charge >= 0.3 is 6.03 Å². The summed E-state index contributed by atoms with van der Waals surface area (Å²) in [4.78, 5) is 16.8. The van der Waals surface area contributed by atoms with Gasteiger partial charge in [-0.25, -0.2) is 4.79 Å². The summed E-state index contributed by atoms with van der Waals surface area (Å²) in [5, 5.41) is 21.9. The van der Waals surface area contributed by atoms with Gasteiger partial charge in [-0.1, -0.05) is 6.07 Å². The number of aliphatic hydroxyl groups excluding tert-OH is 1. The first-order chi connectivity index (χ1) is 12.6. The van der Waals surface area contributed by atoms with Gasteiger partial charge in [0.2, 0.25) is 0 Å². The summed E-state index contributed by atoms with van der Waals surface area (Å²) < 4.78 is 5.10. The minimum Gasteiger partial charge on any atom is -0.504 e. The number of nitrogens with one attached hydrogen (secondary N) is 1. The first-order valence-electron chi connectivity index (χ1n) is 9.34. The molecule has 1 saturated heterocycles. The Balaban J connectivity index is 1.52. The highest BCUT2D eigenvalue weighted by molar-refractivity contribution is 5.74. The molecule has 1 aliphatic heterocycles. The fourth-order valence-corrected chi connectivity index (χ4v) is 3.49. The highest BCUT2D eigenvalue weighted by Gasteiger charge is 2.33. The predicted octanol–water partition coefficient (Wildman–Crippen LogP) is 1.39. The molecule has 7 heteroatoms. The Labute approximate surface area is 154 Å². The normalized spacial score (nSPS) is 20.8. The molecule has 1 atom stereocenters. The SMILES string of the molecule is COc1cc(CNC(=O)N2CCN(CC3CC3)[C@@H](CCO)C2)ccc1O. The van der Waals surface area contributed by atoms with Crippen molar-refractivity contribution in [2.45, 2.75) is 31.8 Å². The average Bonchev–Trinajstić information content (AvgIpc) is 3.46. The number of aromatic hydroxyl groups is 1. The number of carbonyl (C=O) groups is 1. The van der Waals surface area contributed by atoms with Crippen molar-refractivity contribution in [1.29, 1.82) is 0 Å². The molecular weight excluding hydrogens is 334 g/mol. The Morgan fingerprint density at radius 2 is 2.15 bits per heavy atom. The van der Waals surface area contributed by atoms with Crippen molar-refractivity contribution in [3.63, 3.8) is 0 Å². The topological polar surface area (TPSA) is 85.3 Å². The maximum Gasteiger partial charge on any atom is 0.317 e. The molecule has 0 radical (unpaired) electrons. The third-order valence-corrected chi connectivity index (χ3v) is 5.23. The lowest BCUT2D eigenvalue weighted by atomic mass is 10.1. The zero-order valence-corrected chi connectivity index (χ0v) is 15.4. The second-order valence-electron chi connectivity index (χ2n) is 7.22. The number of phenols is 1. The molecule has 2 fully saturated rings. The minimum absolute atomic E-state index is 0.0845. The van der Waals surface area contributed by atoms with Crippen LogP contribution in [0.2, 0.25) is 0 Å². The Kier molecular flexibility index (Phi) is 6.21. The van der Waals surface area contributed by atoms with Crippen LogP contribution in [0.1, 0.15) is 24.8 Å². The average molecular weight is 363 g/mol. The lowest BCUT2D eigenvalue weighted by molar-refractivity contribution is 0.0703. The molecule has 0 aromatic heterocycles. The van der Waals surface area contributed by atoms with Gasteiger partial charge in [0, 0.05) is 45.4 Å². The molecule has 1 aromatic carbocycles. The van der Waals surface area contributed by atoms with E-state index in [2.05, 4.69) is 10.2 Å². The van der Waals surface area contributed by atoms with Crippen LogP contribution in [0.15, 0.2) is 18.2 Å². The molecular formula is C19H29N3O4. The quantitative estimate of drug-likeness (QED) is 0.682. The highest BCUT2D eigenvalue weighted by Crippen LogP contribution is 2.31. The number of aliphatic hydroxyl groups is 1. The zero-order chi connectivity index (χ0) is 18.5. The van der Waals surface area contributed by atoms with E-state index in [9.17, 15) is 15.0 Å². The molecule has 2 aliphatic rings. The number of carbonyl (C=O) groups excluding carboxylic acids is 1. The van der Waals surface area contributed by atoms with Crippen molar-refractivity contribution in [1.82, 2.24) is 15.1 Å². The van der Waals surface area contributed by atoms with Crippen molar-refractivity contribution in [3.05, 3.63) is 23.8 Å². The molecule has 0 spiro atoms. The molecule has 1 saturated carbocycles. The zero-order valence-electron chi connectivity index (χ0n) is 15.4. The van der Waals surface area contributed by atoms with Gasteiger partial charge in [-0.2, -0.15) is 0 Å². The van der Waals surface area contributed by atoms with Crippen molar-refractivity contribution in [2.75, 3.05) is 39.9 Å². The van der Waals surface area contributed by atoms with Crippen LogP contribution in [0.25, 0.3) is 0 Å². The second-order valence-corrected chi connectivity index (χ2v) is 7.22. The van der Waals surface area contributed by atoms with Crippen molar-refractivity contribution in [3.8, 4) is 11.5 Å². The van der Waals surface area contributed by atoms with Crippen LogP contribution in [0, 0.1) is 5.92 Å². The maximum absolute atomic E-state index is 12.5. The van der Waals surface area contributed by atoms with E-state index in [0.717, 1.165) is 24.6 Å². The van der Waals surface area contributed by atoms with Crippen LogP contribution < -0.4 is 10.1 Å². The highest BCUT2D eigenvalue weighted by atomic mass is 16.5. The molecule has 1 aliphatic carbocycles. The van der Waals surface area contributed by atoms with Crippen molar-refractivity contribution >= 4 is 6.03 Å². The molecule has 144 valence electrons. The van der Waals surface area contributed by atoms with Gasteiger partial charge < -0.3 is 25.2 Å². The number of ether oxygens (including phenoxy) is 1. The number of nitrogens with zero attached hydrogens (tertiary/aromatic N) is 2. The lowest BCUT2D eigenvalue weighted by Gasteiger charge is -2.41. The number of rotatable bonds is 7. The van der Waals surface area contributed by atoms with Gasteiger partial charge in [0.05, 0.1) is 7.11 Å². The van der Waals surface area contributed by atoms with Crippen LogP contribution in [-0.4, -0.2) is 72.0 Å². The Morgan fingerprint density at radius 1 is 1.35 bits per heavy atom. The fraction of sp³-hybridized carbons (Fsp3) is 0.632. The Bertz CT molecular complexity index is 621. The van der Waals surface area contributed by atoms with E-state index in [1.807, 2.05) is 4.90 Å². The number of phenolic OH excluding ortho intramolecular Hbond substituents is 1. The van der Waals surface area contributed by atoms with Gasteiger partial charge in [-0.3, -0.25) is 4.90 Å². The third-order valence-electron chi connectivity index (χ3n) is 5.23. The van der Waals surface area contributed by atoms with E-state index < -0.39 is 0 Å². The molecule has 3 N–H and O–H groups in total. The van der Waals surface area contributed by atoms with E-state index in [1.165, 1.54) is 20.0 Å². The van der Waals surface area contributed by atoms with E-state index in [0.29, 0.717) is 31.8 Å². The van der Waals surface area contributed by atoms with E-state index in [4.69, 9.17) is 4.74 Å². The summed E-state index contributed by atoms with van der Waals surface area (Å²) in [5.74, 6) is 1.29.